The van der Waals surface area contributed by atoms with Gasteiger partial charge in [0.1, 0.15) is 5.82 Å². The van der Waals surface area contributed by atoms with E-state index in [1.54, 1.807) is 0 Å². The summed E-state index contributed by atoms with van der Waals surface area (Å²) in [5.41, 5.74) is 2.50. The number of hydrogen-bond donors (Lipinski definition) is 1. The van der Waals surface area contributed by atoms with Crippen LogP contribution in [0.2, 0.25) is 0 Å². The number of carbonyl (C=O) groups excluding carboxylic acids is 1. The highest BCUT2D eigenvalue weighted by Gasteiger charge is 2.51. The molecule has 1 atom stereocenters. The summed E-state index contributed by atoms with van der Waals surface area (Å²) in [6, 6.07) is 8.29. The average molecular weight is 367 g/mol. The summed E-state index contributed by atoms with van der Waals surface area (Å²) in [6.45, 7) is 7.93. The van der Waals surface area contributed by atoms with E-state index in [4.69, 9.17) is 4.98 Å². The number of nitrogens with zero attached hydrogens (tertiary/aromatic N) is 3. The van der Waals surface area contributed by atoms with Crippen molar-refractivity contribution in [2.24, 2.45) is 5.41 Å². The number of nitrogens with one attached hydrogen (secondary N) is 1. The quantitative estimate of drug-likeness (QED) is 0.891. The van der Waals surface area contributed by atoms with E-state index in [9.17, 15) is 4.79 Å². The van der Waals surface area contributed by atoms with Crippen LogP contribution in [-0.2, 0) is 11.2 Å². The van der Waals surface area contributed by atoms with Gasteiger partial charge in [-0.2, -0.15) is 5.10 Å². The van der Waals surface area contributed by atoms with Gasteiger partial charge in [0.2, 0.25) is 5.91 Å². The molecule has 1 spiro atoms. The molecule has 1 saturated carbocycles. The van der Waals surface area contributed by atoms with E-state index in [0.29, 0.717) is 12.3 Å². The molecule has 144 valence electrons. The minimum absolute atomic E-state index is 0.177. The summed E-state index contributed by atoms with van der Waals surface area (Å²) in [4.78, 5) is 19.9. The lowest BCUT2D eigenvalue weighted by atomic mass is 9.76. The Morgan fingerprint density at radius 2 is 1.96 bits per heavy atom. The lowest BCUT2D eigenvalue weighted by Gasteiger charge is -2.28. The number of hydrogen-bond acceptors (Lipinski definition) is 3. The summed E-state index contributed by atoms with van der Waals surface area (Å²) in [7, 11) is 0. The Labute approximate surface area is 161 Å². The van der Waals surface area contributed by atoms with E-state index in [1.807, 2.05) is 0 Å². The first-order chi connectivity index (χ1) is 13.0. The number of aromatic amines is 1. The van der Waals surface area contributed by atoms with Crippen LogP contribution in [0, 0.1) is 12.3 Å². The fraction of sp³-hybridized carbons (Fsp3) is 0.591. The maximum atomic E-state index is 13.0. The highest BCUT2D eigenvalue weighted by molar-refractivity contribution is 5.79. The SMILES string of the molecule is Cc1ccc(CC(=O)N2CC(c3nc(C(C)C)n[nH]3)C3(CCCC3)C2)cc1. The van der Waals surface area contributed by atoms with Crippen molar-refractivity contribution in [1.29, 1.82) is 0 Å². The largest absolute Gasteiger partial charge is 0.341 e. The Morgan fingerprint density at radius 3 is 2.59 bits per heavy atom. The van der Waals surface area contributed by atoms with Crippen molar-refractivity contribution < 1.29 is 4.79 Å². The zero-order valence-electron chi connectivity index (χ0n) is 16.7. The third kappa shape index (κ3) is 3.52. The standard InChI is InChI=1S/C22H30N4O/c1-15(2)20-23-21(25-24-20)18-13-26(14-22(18)10-4-5-11-22)19(27)12-17-8-6-16(3)7-9-17/h6-9,15,18H,4-5,10-14H2,1-3H3,(H,23,24,25). The van der Waals surface area contributed by atoms with Crippen molar-refractivity contribution >= 4 is 5.91 Å². The predicted octanol–water partition coefficient (Wildman–Crippen LogP) is 3.97. The molecule has 1 saturated heterocycles. The van der Waals surface area contributed by atoms with Crippen LogP contribution >= 0.6 is 0 Å². The smallest absolute Gasteiger partial charge is 0.227 e. The van der Waals surface area contributed by atoms with E-state index >= 15 is 0 Å². The van der Waals surface area contributed by atoms with Gasteiger partial charge in [-0.1, -0.05) is 56.5 Å². The van der Waals surface area contributed by atoms with Crippen LogP contribution in [0.3, 0.4) is 0 Å². The fourth-order valence-electron chi connectivity index (χ4n) is 4.82. The van der Waals surface area contributed by atoms with Crippen LogP contribution in [0.15, 0.2) is 24.3 Å². The molecule has 27 heavy (non-hydrogen) atoms. The Balaban J connectivity index is 1.53. The zero-order valence-corrected chi connectivity index (χ0v) is 16.7. The van der Waals surface area contributed by atoms with Gasteiger partial charge in [-0.3, -0.25) is 9.89 Å². The number of benzene rings is 1. The summed E-state index contributed by atoms with van der Waals surface area (Å²) in [5, 5.41) is 7.62. The van der Waals surface area contributed by atoms with E-state index < -0.39 is 0 Å². The third-order valence-electron chi connectivity index (χ3n) is 6.44. The average Bonchev–Trinajstić information content (AvgIpc) is 3.38. The molecule has 1 amide bonds. The number of aromatic nitrogens is 3. The fourth-order valence-corrected chi connectivity index (χ4v) is 4.82. The molecule has 0 bridgehead atoms. The van der Waals surface area contributed by atoms with Crippen LogP contribution in [0.4, 0.5) is 0 Å². The van der Waals surface area contributed by atoms with Crippen LogP contribution in [0.5, 0.6) is 0 Å². The molecule has 2 fully saturated rings. The molecule has 2 aromatic rings. The van der Waals surface area contributed by atoms with Gasteiger partial charge in [-0.25, -0.2) is 4.98 Å². The molecule has 2 aliphatic rings. The number of likely N-dealkylation sites (tertiary alicyclic amines) is 1. The number of aryl methyl sites for hydroxylation is 1. The van der Waals surface area contributed by atoms with Crippen LogP contribution in [0.25, 0.3) is 0 Å². The molecular weight excluding hydrogens is 336 g/mol. The summed E-state index contributed by atoms with van der Waals surface area (Å²) in [6.07, 6.45) is 5.35. The maximum absolute atomic E-state index is 13.0. The molecule has 1 aromatic heterocycles. The van der Waals surface area contributed by atoms with Crippen molar-refractivity contribution in [3.8, 4) is 0 Å². The number of H-pyrrole nitrogens is 1. The van der Waals surface area contributed by atoms with Crippen molar-refractivity contribution in [3.63, 3.8) is 0 Å². The van der Waals surface area contributed by atoms with Crippen molar-refractivity contribution in [2.75, 3.05) is 13.1 Å². The van der Waals surface area contributed by atoms with Gasteiger partial charge in [0.15, 0.2) is 5.82 Å². The van der Waals surface area contributed by atoms with Crippen LogP contribution in [0.1, 0.15) is 74.1 Å². The third-order valence-corrected chi connectivity index (χ3v) is 6.44. The van der Waals surface area contributed by atoms with Crippen LogP contribution in [-0.4, -0.2) is 39.1 Å². The molecule has 1 aliphatic heterocycles. The second kappa shape index (κ2) is 7.10. The molecule has 5 heteroatoms. The molecule has 0 radical (unpaired) electrons. The van der Waals surface area contributed by atoms with Crippen molar-refractivity contribution in [3.05, 3.63) is 47.0 Å². The Hall–Kier alpha value is -2.17. The summed E-state index contributed by atoms with van der Waals surface area (Å²) in [5.74, 6) is 2.68. The normalized spacial score (nSPS) is 21.5. The van der Waals surface area contributed by atoms with E-state index in [1.165, 1.54) is 31.2 Å². The molecule has 1 aliphatic carbocycles. The summed E-state index contributed by atoms with van der Waals surface area (Å²) >= 11 is 0. The van der Waals surface area contributed by atoms with Gasteiger partial charge in [0, 0.05) is 24.9 Å². The lowest BCUT2D eigenvalue weighted by molar-refractivity contribution is -0.129. The second-order valence-electron chi connectivity index (χ2n) is 8.79. The van der Waals surface area contributed by atoms with Gasteiger partial charge >= 0.3 is 0 Å². The Morgan fingerprint density at radius 1 is 1.26 bits per heavy atom. The summed E-state index contributed by atoms with van der Waals surface area (Å²) < 4.78 is 0. The highest BCUT2D eigenvalue weighted by Crippen LogP contribution is 2.52. The number of carbonyl (C=O) groups is 1. The molecule has 1 unspecified atom stereocenters. The zero-order chi connectivity index (χ0) is 19.0. The van der Waals surface area contributed by atoms with E-state index in [-0.39, 0.29) is 17.2 Å². The lowest BCUT2D eigenvalue weighted by Crippen LogP contribution is -2.32. The minimum atomic E-state index is 0.177. The van der Waals surface area contributed by atoms with Gasteiger partial charge < -0.3 is 4.90 Å². The molecule has 5 nitrogen and oxygen atoms in total. The molecular formula is C22H30N4O. The number of amides is 1. The first kappa shape index (κ1) is 18.2. The van der Waals surface area contributed by atoms with E-state index in [2.05, 4.69) is 60.1 Å². The van der Waals surface area contributed by atoms with Crippen molar-refractivity contribution in [2.45, 2.75) is 64.7 Å². The second-order valence-corrected chi connectivity index (χ2v) is 8.79. The van der Waals surface area contributed by atoms with Crippen LogP contribution < -0.4 is 0 Å². The molecule has 2 heterocycles. The van der Waals surface area contributed by atoms with Gasteiger partial charge in [-0.05, 0) is 30.7 Å². The topological polar surface area (TPSA) is 61.9 Å². The molecule has 1 aromatic carbocycles. The predicted molar refractivity (Wildman–Crippen MR) is 106 cm³/mol. The highest BCUT2D eigenvalue weighted by atomic mass is 16.2. The monoisotopic (exact) mass is 366 g/mol. The van der Waals surface area contributed by atoms with Gasteiger partial charge in [0.25, 0.3) is 0 Å². The first-order valence-corrected chi connectivity index (χ1v) is 10.2. The minimum Gasteiger partial charge on any atom is -0.341 e. The van der Waals surface area contributed by atoms with Gasteiger partial charge in [-0.15, -0.1) is 0 Å². The number of rotatable bonds is 4. The Bertz CT molecular complexity index is 802. The first-order valence-electron chi connectivity index (χ1n) is 10.2. The van der Waals surface area contributed by atoms with Crippen molar-refractivity contribution in [1.82, 2.24) is 20.1 Å². The molecule has 1 N–H and O–H groups in total. The van der Waals surface area contributed by atoms with Gasteiger partial charge in [0.05, 0.1) is 6.42 Å². The Kier molecular flexibility index (Phi) is 4.79. The molecule has 4 rings (SSSR count). The maximum Gasteiger partial charge on any atom is 0.227 e. The van der Waals surface area contributed by atoms with E-state index in [0.717, 1.165) is 30.3 Å².